The number of carbonyl (C=O) groups is 1. The van der Waals surface area contributed by atoms with Gasteiger partial charge in [-0.2, -0.15) is 0 Å². The van der Waals surface area contributed by atoms with Crippen LogP contribution in [0.15, 0.2) is 48.5 Å². The minimum absolute atomic E-state index is 0.112. The van der Waals surface area contributed by atoms with Gasteiger partial charge < -0.3 is 20.1 Å². The minimum Gasteiger partial charge on any atom is -0.452 e. The van der Waals surface area contributed by atoms with E-state index in [0.717, 1.165) is 32.5 Å². The largest absolute Gasteiger partial charge is 0.452 e. The summed E-state index contributed by atoms with van der Waals surface area (Å²) >= 11 is 0. The maximum atomic E-state index is 13.8. The number of carbonyl (C=O) groups excluding carboxylic acids is 1. The van der Waals surface area contributed by atoms with Crippen LogP contribution >= 0.6 is 0 Å². The normalized spacial score (nSPS) is 16.3. The summed E-state index contributed by atoms with van der Waals surface area (Å²) in [6.07, 6.45) is 3.06. The highest BCUT2D eigenvalue weighted by Crippen LogP contribution is 2.30. The summed E-state index contributed by atoms with van der Waals surface area (Å²) in [4.78, 5) is 12.1. The van der Waals surface area contributed by atoms with Crippen LogP contribution in [0.2, 0.25) is 0 Å². The van der Waals surface area contributed by atoms with Crippen molar-refractivity contribution in [3.8, 4) is 11.5 Å². The van der Waals surface area contributed by atoms with Crippen LogP contribution in [-0.4, -0.2) is 25.8 Å². The van der Waals surface area contributed by atoms with Gasteiger partial charge in [0.05, 0.1) is 5.69 Å². The molecule has 2 amide bonds. The highest BCUT2D eigenvalue weighted by atomic mass is 19.1. The fourth-order valence-electron chi connectivity index (χ4n) is 2.88. The molecule has 3 rings (SSSR count). The van der Waals surface area contributed by atoms with Gasteiger partial charge in [0.2, 0.25) is 0 Å². The third-order valence-corrected chi connectivity index (χ3v) is 4.29. The van der Waals surface area contributed by atoms with E-state index in [1.807, 2.05) is 0 Å². The van der Waals surface area contributed by atoms with Gasteiger partial charge in [0.1, 0.15) is 0 Å². The molecule has 1 aliphatic rings. The van der Waals surface area contributed by atoms with Crippen molar-refractivity contribution in [2.75, 3.05) is 25.1 Å². The zero-order chi connectivity index (χ0) is 18.2. The summed E-state index contributed by atoms with van der Waals surface area (Å²) in [5.41, 5.74) is 0.484. The molecule has 0 saturated carbocycles. The molecule has 0 spiro atoms. The predicted octanol–water partition coefficient (Wildman–Crippen LogP) is 4.56. The first-order valence-electron chi connectivity index (χ1n) is 8.86. The molecule has 138 valence electrons. The lowest BCUT2D eigenvalue weighted by atomic mass is 10.0. The molecule has 0 aliphatic carbocycles. The Bertz CT molecular complexity index is 733. The third-order valence-electron chi connectivity index (χ3n) is 4.29. The second-order valence-corrected chi connectivity index (χ2v) is 6.28. The topological polar surface area (TPSA) is 59.6 Å². The fraction of sp³-hybridized carbons (Fsp3) is 0.350. The molecule has 26 heavy (non-hydrogen) atoms. The Morgan fingerprint density at radius 3 is 2.69 bits per heavy atom. The first-order valence-corrected chi connectivity index (χ1v) is 8.86. The van der Waals surface area contributed by atoms with Crippen LogP contribution < -0.4 is 15.4 Å². The van der Waals surface area contributed by atoms with Crippen molar-refractivity contribution >= 4 is 11.7 Å². The lowest BCUT2D eigenvalue weighted by Gasteiger charge is -2.13. The number of rotatable bonds is 7. The van der Waals surface area contributed by atoms with Crippen molar-refractivity contribution in [3.05, 3.63) is 54.3 Å². The predicted molar refractivity (Wildman–Crippen MR) is 98.1 cm³/mol. The van der Waals surface area contributed by atoms with E-state index in [0.29, 0.717) is 23.9 Å². The molecule has 2 aromatic rings. The molecule has 2 N–H and O–H groups in total. The standard InChI is InChI=1S/C20H23FN2O3/c21-16-7-1-3-9-18(16)26-19-10-4-2-8-17(19)23-20(24)22-12-5-6-15-11-13-25-14-15/h1-4,7-10,15H,5-6,11-14H2,(H2,22,23,24). The highest BCUT2D eigenvalue weighted by molar-refractivity contribution is 5.90. The van der Waals surface area contributed by atoms with E-state index >= 15 is 0 Å². The molecule has 1 saturated heterocycles. The van der Waals surface area contributed by atoms with Crippen LogP contribution in [0.5, 0.6) is 11.5 Å². The van der Waals surface area contributed by atoms with Crippen molar-refractivity contribution in [1.29, 1.82) is 0 Å². The van der Waals surface area contributed by atoms with Crippen molar-refractivity contribution in [2.24, 2.45) is 5.92 Å². The molecule has 5 nitrogen and oxygen atoms in total. The average Bonchev–Trinajstić information content (AvgIpc) is 3.16. The number of nitrogens with one attached hydrogen (secondary N) is 2. The average molecular weight is 358 g/mol. The SMILES string of the molecule is O=C(NCCCC1CCOC1)Nc1ccccc1Oc1ccccc1F. The molecule has 1 atom stereocenters. The second kappa shape index (κ2) is 9.20. The quantitative estimate of drug-likeness (QED) is 0.714. The zero-order valence-corrected chi connectivity index (χ0v) is 14.5. The van der Waals surface area contributed by atoms with E-state index in [4.69, 9.17) is 9.47 Å². The summed E-state index contributed by atoms with van der Waals surface area (Å²) in [5, 5.41) is 5.59. The van der Waals surface area contributed by atoms with Gasteiger partial charge in [-0.3, -0.25) is 0 Å². The molecule has 0 radical (unpaired) electrons. The zero-order valence-electron chi connectivity index (χ0n) is 14.5. The fourth-order valence-corrected chi connectivity index (χ4v) is 2.88. The first-order chi connectivity index (χ1) is 12.7. The van der Waals surface area contributed by atoms with Crippen LogP contribution in [0, 0.1) is 11.7 Å². The van der Waals surface area contributed by atoms with Crippen molar-refractivity contribution in [3.63, 3.8) is 0 Å². The highest BCUT2D eigenvalue weighted by Gasteiger charge is 2.15. The summed E-state index contributed by atoms with van der Waals surface area (Å²) in [6.45, 7) is 2.27. The number of anilines is 1. The third kappa shape index (κ3) is 5.20. The Morgan fingerprint density at radius 1 is 1.15 bits per heavy atom. The van der Waals surface area contributed by atoms with Gasteiger partial charge in [0.15, 0.2) is 17.3 Å². The first kappa shape index (κ1) is 18.2. The monoisotopic (exact) mass is 358 g/mol. The number of para-hydroxylation sites is 3. The smallest absolute Gasteiger partial charge is 0.319 e. The van der Waals surface area contributed by atoms with Gasteiger partial charge >= 0.3 is 6.03 Å². The maximum Gasteiger partial charge on any atom is 0.319 e. The Hall–Kier alpha value is -2.60. The van der Waals surface area contributed by atoms with Gasteiger partial charge in [-0.25, -0.2) is 9.18 Å². The molecule has 0 bridgehead atoms. The van der Waals surface area contributed by atoms with E-state index in [-0.39, 0.29) is 11.8 Å². The Morgan fingerprint density at radius 2 is 1.92 bits per heavy atom. The van der Waals surface area contributed by atoms with E-state index in [1.165, 1.54) is 6.07 Å². The van der Waals surface area contributed by atoms with Crippen LogP contribution in [0.1, 0.15) is 19.3 Å². The van der Waals surface area contributed by atoms with Crippen molar-refractivity contribution in [1.82, 2.24) is 5.32 Å². The van der Waals surface area contributed by atoms with Crippen LogP contribution in [-0.2, 0) is 4.74 Å². The number of urea groups is 1. The van der Waals surface area contributed by atoms with Gasteiger partial charge in [0.25, 0.3) is 0 Å². The number of hydrogen-bond acceptors (Lipinski definition) is 3. The van der Waals surface area contributed by atoms with E-state index in [2.05, 4.69) is 10.6 Å². The lowest BCUT2D eigenvalue weighted by Crippen LogP contribution is -2.29. The van der Waals surface area contributed by atoms with Crippen LogP contribution in [0.25, 0.3) is 0 Å². The van der Waals surface area contributed by atoms with Crippen LogP contribution in [0.4, 0.5) is 14.9 Å². The number of ether oxygens (including phenoxy) is 2. The molecule has 1 unspecified atom stereocenters. The van der Waals surface area contributed by atoms with Gasteiger partial charge in [-0.1, -0.05) is 24.3 Å². The summed E-state index contributed by atoms with van der Waals surface area (Å²) in [5.74, 6) is 0.647. The number of hydrogen-bond donors (Lipinski definition) is 2. The molecule has 1 aliphatic heterocycles. The Balaban J connectivity index is 1.51. The van der Waals surface area contributed by atoms with E-state index in [9.17, 15) is 9.18 Å². The lowest BCUT2D eigenvalue weighted by molar-refractivity contribution is 0.184. The summed E-state index contributed by atoms with van der Waals surface area (Å²) in [6, 6.07) is 12.8. The molecule has 2 aromatic carbocycles. The number of amides is 2. The van der Waals surface area contributed by atoms with Crippen molar-refractivity contribution in [2.45, 2.75) is 19.3 Å². The van der Waals surface area contributed by atoms with Gasteiger partial charge in [-0.05, 0) is 49.4 Å². The van der Waals surface area contributed by atoms with E-state index in [1.54, 1.807) is 42.5 Å². The summed E-state index contributed by atoms with van der Waals surface area (Å²) < 4.78 is 24.7. The van der Waals surface area contributed by atoms with Gasteiger partial charge in [-0.15, -0.1) is 0 Å². The summed E-state index contributed by atoms with van der Waals surface area (Å²) in [7, 11) is 0. The van der Waals surface area contributed by atoms with Crippen LogP contribution in [0.3, 0.4) is 0 Å². The van der Waals surface area contributed by atoms with Crippen molar-refractivity contribution < 1.29 is 18.7 Å². The minimum atomic E-state index is -0.456. The second-order valence-electron chi connectivity index (χ2n) is 6.28. The molecule has 1 fully saturated rings. The van der Waals surface area contributed by atoms with Gasteiger partial charge in [0, 0.05) is 19.8 Å². The molecule has 6 heteroatoms. The number of halogens is 1. The van der Waals surface area contributed by atoms with E-state index < -0.39 is 5.82 Å². The molecule has 1 heterocycles. The molecule has 0 aromatic heterocycles. The molecular weight excluding hydrogens is 335 g/mol. The Kier molecular flexibility index (Phi) is 6.44. The Labute approximate surface area is 152 Å². The molecular formula is C20H23FN2O3. The maximum absolute atomic E-state index is 13.8. The number of benzene rings is 2.